The van der Waals surface area contributed by atoms with E-state index in [4.69, 9.17) is 4.74 Å². The number of carbonyl (C=O) groups is 2. The van der Waals surface area contributed by atoms with E-state index in [1.54, 1.807) is 0 Å². The Labute approximate surface area is 404 Å². The fraction of sp³-hybridized carbons (Fsp3) is 0.864. The number of unbranched alkanes of at least 4 members (excludes halogenated alkanes) is 36. The van der Waals surface area contributed by atoms with Crippen molar-refractivity contribution < 1.29 is 24.5 Å². The number of rotatable bonds is 52. The molecule has 0 aromatic carbocycles. The molecule has 0 aromatic rings. The highest BCUT2D eigenvalue weighted by atomic mass is 16.5. The zero-order valence-electron chi connectivity index (χ0n) is 43.6. The Hall–Kier alpha value is -1.92. The van der Waals surface area contributed by atoms with Crippen LogP contribution in [0.3, 0.4) is 0 Å². The molecule has 0 aliphatic heterocycles. The monoisotopic (exact) mass is 914 g/mol. The summed E-state index contributed by atoms with van der Waals surface area (Å²) in [5.74, 6) is -0.491. The molecule has 0 saturated carbocycles. The molecule has 0 spiro atoms. The number of hydrogen-bond acceptors (Lipinski definition) is 5. The van der Waals surface area contributed by atoms with Crippen LogP contribution in [0, 0.1) is 0 Å². The summed E-state index contributed by atoms with van der Waals surface area (Å²) in [6.45, 7) is 6.49. The summed E-state index contributed by atoms with van der Waals surface area (Å²) in [6, 6.07) is -0.710. The van der Waals surface area contributed by atoms with Gasteiger partial charge in [-0.1, -0.05) is 276 Å². The van der Waals surface area contributed by atoms with E-state index >= 15 is 0 Å². The van der Waals surface area contributed by atoms with Crippen molar-refractivity contribution >= 4 is 11.9 Å². The normalized spacial score (nSPS) is 13.4. The second kappa shape index (κ2) is 53.0. The average Bonchev–Trinajstić information content (AvgIpc) is 3.30. The van der Waals surface area contributed by atoms with E-state index in [-0.39, 0.29) is 24.9 Å². The van der Waals surface area contributed by atoms with E-state index in [0.717, 1.165) is 70.6 Å². The summed E-state index contributed by atoms with van der Waals surface area (Å²) in [5, 5.41) is 23.9. The van der Waals surface area contributed by atoms with Gasteiger partial charge >= 0.3 is 5.97 Å². The molecule has 0 aliphatic rings. The Morgan fingerprint density at radius 3 is 1.18 bits per heavy atom. The molecule has 3 unspecified atom stereocenters. The molecule has 3 atom stereocenters. The smallest absolute Gasteiger partial charge is 0.306 e. The first-order valence-corrected chi connectivity index (χ1v) is 28.7. The fourth-order valence-corrected chi connectivity index (χ4v) is 8.90. The Balaban J connectivity index is 4.60. The van der Waals surface area contributed by atoms with Gasteiger partial charge in [-0.15, -0.1) is 0 Å². The second-order valence-corrected chi connectivity index (χ2v) is 19.8. The predicted octanol–water partition coefficient (Wildman–Crippen LogP) is 17.6. The number of aliphatic hydroxyl groups is 2. The van der Waals surface area contributed by atoms with Crippen molar-refractivity contribution in [3.63, 3.8) is 0 Å². The van der Waals surface area contributed by atoms with Crippen LogP contribution < -0.4 is 5.32 Å². The maximum Gasteiger partial charge on any atom is 0.306 e. The molecule has 6 nitrogen and oxygen atoms in total. The molecule has 382 valence electrons. The van der Waals surface area contributed by atoms with Gasteiger partial charge in [0.25, 0.3) is 0 Å². The number of amides is 1. The van der Waals surface area contributed by atoms with Gasteiger partial charge in [0.05, 0.1) is 25.2 Å². The minimum atomic E-state index is -0.795. The van der Waals surface area contributed by atoms with Gasteiger partial charge in [-0.2, -0.15) is 0 Å². The lowest BCUT2D eigenvalue weighted by molar-refractivity contribution is -0.151. The summed E-state index contributed by atoms with van der Waals surface area (Å²) >= 11 is 0. The zero-order valence-corrected chi connectivity index (χ0v) is 43.6. The van der Waals surface area contributed by atoms with E-state index in [9.17, 15) is 19.8 Å². The number of carbonyl (C=O) groups excluding carboxylic acids is 2. The van der Waals surface area contributed by atoms with Gasteiger partial charge in [-0.3, -0.25) is 9.59 Å². The van der Waals surface area contributed by atoms with Gasteiger partial charge in [-0.25, -0.2) is 0 Å². The molecule has 0 aliphatic carbocycles. The van der Waals surface area contributed by atoms with Crippen LogP contribution >= 0.6 is 0 Å². The van der Waals surface area contributed by atoms with Gasteiger partial charge in [0.2, 0.25) is 5.91 Å². The van der Waals surface area contributed by atoms with Crippen molar-refractivity contribution in [3.05, 3.63) is 36.5 Å². The van der Waals surface area contributed by atoms with Crippen LogP contribution in [0.15, 0.2) is 36.5 Å². The maximum absolute atomic E-state index is 13.3. The van der Waals surface area contributed by atoms with Gasteiger partial charge in [0.1, 0.15) is 6.10 Å². The molecule has 6 heteroatoms. The number of aliphatic hydroxyl groups excluding tert-OH is 2. The van der Waals surface area contributed by atoms with Gasteiger partial charge in [0.15, 0.2) is 0 Å². The zero-order chi connectivity index (χ0) is 47.4. The third kappa shape index (κ3) is 48.3. The van der Waals surface area contributed by atoms with Crippen LogP contribution in [0.25, 0.3) is 0 Å². The van der Waals surface area contributed by atoms with Crippen LogP contribution in [0.5, 0.6) is 0 Å². The Bertz CT molecular complexity index is 1070. The van der Waals surface area contributed by atoms with Crippen LogP contribution in [-0.2, 0) is 14.3 Å². The lowest BCUT2D eigenvalue weighted by Crippen LogP contribution is -2.46. The highest BCUT2D eigenvalue weighted by Gasteiger charge is 2.24. The summed E-state index contributed by atoms with van der Waals surface area (Å²) in [5.41, 5.74) is 0. The quantitative estimate of drug-likeness (QED) is 0.0321. The van der Waals surface area contributed by atoms with E-state index in [0.29, 0.717) is 19.3 Å². The Morgan fingerprint density at radius 2 is 0.785 bits per heavy atom. The topological polar surface area (TPSA) is 95.9 Å². The lowest BCUT2D eigenvalue weighted by atomic mass is 10.0. The van der Waals surface area contributed by atoms with E-state index in [1.807, 2.05) is 0 Å². The van der Waals surface area contributed by atoms with Crippen molar-refractivity contribution in [1.29, 1.82) is 0 Å². The third-order valence-corrected chi connectivity index (χ3v) is 13.3. The largest absolute Gasteiger partial charge is 0.462 e. The van der Waals surface area contributed by atoms with Crippen LogP contribution in [0.4, 0.5) is 0 Å². The highest BCUT2D eigenvalue weighted by molar-refractivity contribution is 5.77. The molecule has 0 heterocycles. The van der Waals surface area contributed by atoms with Gasteiger partial charge in [0, 0.05) is 6.42 Å². The standard InChI is InChI=1S/C59H111NO5/c1-4-7-10-13-16-19-22-25-28-30-32-35-38-41-44-47-50-55(65-59(64)52-49-46-43-40-37-34-31-29-26-23-20-17-14-11-8-5-2)53-58(63)60-56(54-61)57(62)51-48-45-42-39-36-33-27-24-21-18-15-12-9-6-3/h22,25,28,30,32,35,55-57,61-62H,4-21,23-24,26-27,29,31,33-34,36-54H2,1-3H3,(H,60,63)/b25-22+,30-28+,35-32+. The van der Waals surface area contributed by atoms with E-state index < -0.39 is 18.2 Å². The summed E-state index contributed by atoms with van der Waals surface area (Å²) < 4.78 is 5.95. The Kier molecular flexibility index (Phi) is 51.5. The minimum absolute atomic E-state index is 0.0593. The first kappa shape index (κ1) is 63.1. The molecule has 0 fully saturated rings. The van der Waals surface area contributed by atoms with Crippen molar-refractivity contribution in [1.82, 2.24) is 5.32 Å². The first-order valence-electron chi connectivity index (χ1n) is 28.7. The number of esters is 1. The van der Waals surface area contributed by atoms with Gasteiger partial charge in [-0.05, 0) is 51.4 Å². The van der Waals surface area contributed by atoms with Crippen molar-refractivity contribution in [2.45, 2.75) is 322 Å². The minimum Gasteiger partial charge on any atom is -0.462 e. The van der Waals surface area contributed by atoms with Gasteiger partial charge < -0.3 is 20.3 Å². The van der Waals surface area contributed by atoms with E-state index in [2.05, 4.69) is 62.5 Å². The number of hydrogen-bond donors (Lipinski definition) is 3. The summed E-state index contributed by atoms with van der Waals surface area (Å²) in [7, 11) is 0. The molecule has 3 N–H and O–H groups in total. The molecular weight excluding hydrogens is 803 g/mol. The molecule has 0 bridgehead atoms. The SMILES string of the molecule is CCCCCCC/C=C/C=C/C=C/CCCCCC(CC(=O)NC(CO)C(O)CCCCCCCCCCCCCCCC)OC(=O)CCCCCCCCCCCCCCCCCC. The van der Waals surface area contributed by atoms with E-state index in [1.165, 1.54) is 186 Å². The lowest BCUT2D eigenvalue weighted by Gasteiger charge is -2.24. The highest BCUT2D eigenvalue weighted by Crippen LogP contribution is 2.18. The predicted molar refractivity (Wildman–Crippen MR) is 282 cm³/mol. The molecule has 0 aromatic heterocycles. The van der Waals surface area contributed by atoms with Crippen LogP contribution in [0.1, 0.15) is 303 Å². The molecule has 0 radical (unpaired) electrons. The van der Waals surface area contributed by atoms with Crippen molar-refractivity contribution in [3.8, 4) is 0 Å². The third-order valence-electron chi connectivity index (χ3n) is 13.3. The van der Waals surface area contributed by atoms with Crippen LogP contribution in [-0.4, -0.2) is 46.9 Å². The first-order chi connectivity index (χ1) is 32.0. The second-order valence-electron chi connectivity index (χ2n) is 19.8. The van der Waals surface area contributed by atoms with Crippen molar-refractivity contribution in [2.24, 2.45) is 0 Å². The molecule has 0 saturated heterocycles. The number of nitrogens with one attached hydrogen (secondary N) is 1. The number of ether oxygens (including phenoxy) is 1. The molecule has 0 rings (SSSR count). The number of allylic oxidation sites excluding steroid dienone is 6. The summed E-state index contributed by atoms with van der Waals surface area (Å²) in [6.07, 6.45) is 63.5. The molecule has 1 amide bonds. The van der Waals surface area contributed by atoms with Crippen LogP contribution in [0.2, 0.25) is 0 Å². The maximum atomic E-state index is 13.3. The Morgan fingerprint density at radius 1 is 0.446 bits per heavy atom. The summed E-state index contributed by atoms with van der Waals surface area (Å²) in [4.78, 5) is 26.3. The fourth-order valence-electron chi connectivity index (χ4n) is 8.90. The van der Waals surface area contributed by atoms with Crippen molar-refractivity contribution in [2.75, 3.05) is 6.61 Å². The average molecular weight is 915 g/mol. The molecular formula is C59H111NO5. The molecule has 65 heavy (non-hydrogen) atoms.